The average Bonchev–Trinajstić information content (AvgIpc) is 3.20. The van der Waals surface area contributed by atoms with Crippen molar-refractivity contribution >= 4 is 34.5 Å². The number of allylic oxidation sites excluding steroid dienone is 1. The zero-order valence-corrected chi connectivity index (χ0v) is 17.8. The lowest BCUT2D eigenvalue weighted by atomic mass is 10.2. The number of anilines is 3. The first-order valence-electron chi connectivity index (χ1n) is 9.79. The molecule has 1 aromatic carbocycles. The molecule has 0 saturated carbocycles. The van der Waals surface area contributed by atoms with Gasteiger partial charge in [0.25, 0.3) is 0 Å². The van der Waals surface area contributed by atoms with Crippen LogP contribution in [0.3, 0.4) is 0 Å². The van der Waals surface area contributed by atoms with Crippen molar-refractivity contribution in [2.24, 2.45) is 0 Å². The predicted molar refractivity (Wildman–Crippen MR) is 122 cm³/mol. The molecule has 0 bridgehead atoms. The highest BCUT2D eigenvalue weighted by Crippen LogP contribution is 2.30. The summed E-state index contributed by atoms with van der Waals surface area (Å²) in [7, 11) is 6.08. The SMILES string of the molecule is CCN(C)c1cccnc1N(C)C(/C=C(/C)C=O)N(C)c1cc2ccccc2[nH]1. The smallest absolute Gasteiger partial charge is 0.153 e. The molecule has 0 aliphatic heterocycles. The van der Waals surface area contributed by atoms with Crippen LogP contribution >= 0.6 is 0 Å². The molecule has 0 aliphatic carbocycles. The zero-order valence-electron chi connectivity index (χ0n) is 17.8. The minimum Gasteiger partial charge on any atom is -0.372 e. The van der Waals surface area contributed by atoms with Crippen molar-refractivity contribution in [3.8, 4) is 0 Å². The van der Waals surface area contributed by atoms with E-state index in [0.717, 1.165) is 41.1 Å². The Hall–Kier alpha value is -3.28. The van der Waals surface area contributed by atoms with Gasteiger partial charge in [0.15, 0.2) is 5.82 Å². The van der Waals surface area contributed by atoms with Gasteiger partial charge < -0.3 is 19.7 Å². The van der Waals surface area contributed by atoms with Crippen molar-refractivity contribution in [3.63, 3.8) is 0 Å². The molecule has 2 heterocycles. The van der Waals surface area contributed by atoms with Gasteiger partial charge in [0.2, 0.25) is 0 Å². The number of fused-ring (bicyclic) bond motifs is 1. The number of nitrogens with zero attached hydrogens (tertiary/aromatic N) is 4. The molecular weight excluding hydrogens is 362 g/mol. The van der Waals surface area contributed by atoms with Gasteiger partial charge >= 0.3 is 0 Å². The molecule has 0 aliphatic rings. The molecule has 0 amide bonds. The van der Waals surface area contributed by atoms with E-state index in [4.69, 9.17) is 0 Å². The number of nitrogens with one attached hydrogen (secondary N) is 1. The number of hydrogen-bond acceptors (Lipinski definition) is 5. The fourth-order valence-electron chi connectivity index (χ4n) is 3.40. The number of carbonyl (C=O) groups excluding carboxylic acids is 1. The van der Waals surface area contributed by atoms with Gasteiger partial charge in [0, 0.05) is 44.8 Å². The number of para-hydroxylation sites is 1. The van der Waals surface area contributed by atoms with E-state index in [1.54, 1.807) is 6.20 Å². The van der Waals surface area contributed by atoms with Crippen molar-refractivity contribution in [1.29, 1.82) is 0 Å². The summed E-state index contributed by atoms with van der Waals surface area (Å²) < 4.78 is 0. The van der Waals surface area contributed by atoms with Crippen LogP contribution in [0.1, 0.15) is 13.8 Å². The van der Waals surface area contributed by atoms with Crippen LogP contribution in [0.5, 0.6) is 0 Å². The van der Waals surface area contributed by atoms with E-state index < -0.39 is 0 Å². The number of H-pyrrole nitrogens is 1. The normalized spacial score (nSPS) is 12.7. The van der Waals surface area contributed by atoms with E-state index in [9.17, 15) is 4.79 Å². The number of pyridine rings is 1. The first-order valence-corrected chi connectivity index (χ1v) is 9.79. The summed E-state index contributed by atoms with van der Waals surface area (Å²) in [5.74, 6) is 1.83. The van der Waals surface area contributed by atoms with Crippen LogP contribution in [0.4, 0.5) is 17.3 Å². The minimum atomic E-state index is -0.202. The summed E-state index contributed by atoms with van der Waals surface area (Å²) in [6, 6.07) is 14.3. The number of carbonyl (C=O) groups is 1. The van der Waals surface area contributed by atoms with Crippen molar-refractivity contribution < 1.29 is 4.79 Å². The van der Waals surface area contributed by atoms with E-state index in [2.05, 4.69) is 62.9 Å². The Labute approximate surface area is 172 Å². The third-order valence-electron chi connectivity index (χ3n) is 5.27. The minimum absolute atomic E-state index is 0.202. The molecule has 3 aromatic rings. The summed E-state index contributed by atoms with van der Waals surface area (Å²) in [5.41, 5.74) is 2.80. The topological polar surface area (TPSA) is 55.5 Å². The van der Waals surface area contributed by atoms with Crippen LogP contribution in [0, 0.1) is 0 Å². The molecule has 6 heteroatoms. The van der Waals surface area contributed by atoms with Gasteiger partial charge in [-0.05, 0) is 49.8 Å². The van der Waals surface area contributed by atoms with Crippen LogP contribution in [-0.2, 0) is 4.79 Å². The van der Waals surface area contributed by atoms with Gasteiger partial charge in [-0.2, -0.15) is 0 Å². The number of hydrogen-bond donors (Lipinski definition) is 1. The van der Waals surface area contributed by atoms with E-state index in [-0.39, 0.29) is 6.17 Å². The number of benzene rings is 1. The molecule has 0 spiro atoms. The average molecular weight is 392 g/mol. The van der Waals surface area contributed by atoms with Crippen molar-refractivity contribution in [2.75, 3.05) is 42.4 Å². The maximum atomic E-state index is 11.4. The molecule has 2 aromatic heterocycles. The Kier molecular flexibility index (Phi) is 6.22. The lowest BCUT2D eigenvalue weighted by Crippen LogP contribution is -2.45. The number of aromatic nitrogens is 2. The number of rotatable bonds is 8. The van der Waals surface area contributed by atoms with E-state index >= 15 is 0 Å². The van der Waals surface area contributed by atoms with Gasteiger partial charge in [-0.15, -0.1) is 0 Å². The Balaban J connectivity index is 2.04. The maximum absolute atomic E-state index is 11.4. The summed E-state index contributed by atoms with van der Waals surface area (Å²) in [6.45, 7) is 4.81. The first-order chi connectivity index (χ1) is 14.0. The van der Waals surface area contributed by atoms with Crippen molar-refractivity contribution in [1.82, 2.24) is 9.97 Å². The summed E-state index contributed by atoms with van der Waals surface area (Å²) in [5, 5.41) is 1.15. The van der Waals surface area contributed by atoms with E-state index in [0.29, 0.717) is 5.57 Å². The Morgan fingerprint density at radius 1 is 1.14 bits per heavy atom. The van der Waals surface area contributed by atoms with Crippen LogP contribution < -0.4 is 14.7 Å². The van der Waals surface area contributed by atoms with Gasteiger partial charge in [-0.3, -0.25) is 4.79 Å². The standard InChI is InChI=1S/C23H29N5O/c1-6-26(3)20-12-9-13-24-23(20)28(5)22(14-17(2)16-29)27(4)21-15-18-10-7-8-11-19(18)25-21/h7-16,22,25H,6H2,1-5H3/b17-14-. The fraction of sp³-hybridized carbons (Fsp3) is 0.304. The lowest BCUT2D eigenvalue weighted by molar-refractivity contribution is -0.104. The highest BCUT2D eigenvalue weighted by atomic mass is 16.1. The summed E-state index contributed by atoms with van der Waals surface area (Å²) in [4.78, 5) is 25.9. The molecule has 0 radical (unpaired) electrons. The van der Waals surface area contributed by atoms with E-state index in [1.807, 2.05) is 45.3 Å². The Morgan fingerprint density at radius 3 is 2.59 bits per heavy atom. The molecule has 29 heavy (non-hydrogen) atoms. The van der Waals surface area contributed by atoms with Crippen molar-refractivity contribution in [2.45, 2.75) is 20.0 Å². The highest BCUT2D eigenvalue weighted by Gasteiger charge is 2.23. The summed E-state index contributed by atoms with van der Waals surface area (Å²) >= 11 is 0. The van der Waals surface area contributed by atoms with Crippen LogP contribution in [0.25, 0.3) is 10.9 Å². The van der Waals surface area contributed by atoms with Gasteiger partial charge in [0.05, 0.1) is 5.69 Å². The quantitative estimate of drug-likeness (QED) is 0.356. The second-order valence-electron chi connectivity index (χ2n) is 7.27. The third kappa shape index (κ3) is 4.26. The Morgan fingerprint density at radius 2 is 1.90 bits per heavy atom. The molecule has 0 saturated heterocycles. The van der Waals surface area contributed by atoms with E-state index in [1.165, 1.54) is 0 Å². The molecule has 152 valence electrons. The number of likely N-dealkylation sites (N-methyl/N-ethyl adjacent to an activating group) is 2. The maximum Gasteiger partial charge on any atom is 0.153 e. The molecule has 1 atom stereocenters. The fourth-order valence-corrected chi connectivity index (χ4v) is 3.40. The van der Waals surface area contributed by atoms with Gasteiger partial charge in [0.1, 0.15) is 18.3 Å². The second-order valence-corrected chi connectivity index (χ2v) is 7.27. The lowest BCUT2D eigenvalue weighted by Gasteiger charge is -2.36. The molecule has 1 N–H and O–H groups in total. The van der Waals surface area contributed by atoms with Crippen LogP contribution in [-0.4, -0.2) is 50.1 Å². The first kappa shape index (κ1) is 20.5. The predicted octanol–water partition coefficient (Wildman–Crippen LogP) is 4.06. The number of aldehydes is 1. The number of aromatic amines is 1. The van der Waals surface area contributed by atoms with Gasteiger partial charge in [-0.25, -0.2) is 4.98 Å². The summed E-state index contributed by atoms with van der Waals surface area (Å²) in [6.07, 6.45) is 4.45. The van der Waals surface area contributed by atoms with Gasteiger partial charge in [-0.1, -0.05) is 18.2 Å². The zero-order chi connectivity index (χ0) is 21.0. The molecule has 0 fully saturated rings. The largest absolute Gasteiger partial charge is 0.372 e. The monoisotopic (exact) mass is 391 g/mol. The van der Waals surface area contributed by atoms with Crippen LogP contribution in [0.15, 0.2) is 60.3 Å². The third-order valence-corrected chi connectivity index (χ3v) is 5.27. The molecule has 3 rings (SSSR count). The molecule has 6 nitrogen and oxygen atoms in total. The molecule has 1 unspecified atom stereocenters. The van der Waals surface area contributed by atoms with Crippen LogP contribution in [0.2, 0.25) is 0 Å². The molecular formula is C23H29N5O. The second kappa shape index (κ2) is 8.82. The van der Waals surface area contributed by atoms with Crippen molar-refractivity contribution in [3.05, 3.63) is 60.3 Å². The Bertz CT molecular complexity index is 976. The highest BCUT2D eigenvalue weighted by molar-refractivity contribution is 5.84.